The summed E-state index contributed by atoms with van der Waals surface area (Å²) in [6.07, 6.45) is 0. The number of hydrogen-bond donors (Lipinski definition) is 2. The molecule has 0 saturated carbocycles. The Morgan fingerprint density at radius 1 is 1.35 bits per heavy atom. The lowest BCUT2D eigenvalue weighted by molar-refractivity contribution is -0.119. The summed E-state index contributed by atoms with van der Waals surface area (Å²) in [5, 5.41) is 1.25. The second-order valence-corrected chi connectivity index (χ2v) is 4.60. The van der Waals surface area contributed by atoms with E-state index >= 15 is 0 Å². The fourth-order valence-corrected chi connectivity index (χ4v) is 1.92. The predicted octanol–water partition coefficient (Wildman–Crippen LogP) is 1.64. The summed E-state index contributed by atoms with van der Waals surface area (Å²) in [7, 11) is 0. The van der Waals surface area contributed by atoms with Crippen LogP contribution in [0.3, 0.4) is 0 Å². The van der Waals surface area contributed by atoms with Crippen molar-refractivity contribution >= 4 is 23.7 Å². The number of rotatable bonds is 3. The molecule has 92 valence electrons. The quantitative estimate of drug-likeness (QED) is 0.811. The van der Waals surface area contributed by atoms with Crippen LogP contribution in [-0.2, 0) is 4.79 Å². The fourth-order valence-electron chi connectivity index (χ4n) is 1.03. The number of imide groups is 1. The normalized spacial score (nSPS) is 11.9. The van der Waals surface area contributed by atoms with Crippen molar-refractivity contribution in [3.05, 3.63) is 29.8 Å². The number of carbonyl (C=O) groups is 2. The van der Waals surface area contributed by atoms with E-state index in [9.17, 15) is 18.4 Å². The second-order valence-electron chi connectivity index (χ2n) is 3.19. The maximum absolute atomic E-state index is 12.9. The third kappa shape index (κ3) is 4.03. The number of nitrogens with two attached hydrogens (primary N) is 1. The van der Waals surface area contributed by atoms with Gasteiger partial charge in [0.15, 0.2) is 11.6 Å². The number of halogens is 2. The Bertz CT molecular complexity index is 454. The molecule has 0 radical (unpaired) electrons. The lowest BCUT2D eigenvalue weighted by Crippen LogP contribution is -2.39. The lowest BCUT2D eigenvalue weighted by Gasteiger charge is -2.09. The first-order valence-electron chi connectivity index (χ1n) is 4.62. The highest BCUT2D eigenvalue weighted by molar-refractivity contribution is 8.00. The molecule has 0 saturated heterocycles. The molecule has 1 aromatic carbocycles. The van der Waals surface area contributed by atoms with Crippen molar-refractivity contribution in [3.8, 4) is 0 Å². The van der Waals surface area contributed by atoms with E-state index < -0.39 is 28.8 Å². The number of hydrogen-bond acceptors (Lipinski definition) is 3. The zero-order chi connectivity index (χ0) is 13.0. The number of benzene rings is 1. The molecule has 1 aromatic rings. The summed E-state index contributed by atoms with van der Waals surface area (Å²) in [5.41, 5.74) is 4.78. The predicted molar refractivity (Wildman–Crippen MR) is 59.4 cm³/mol. The molecule has 3 amide bonds. The van der Waals surface area contributed by atoms with Gasteiger partial charge in [0.2, 0.25) is 5.91 Å². The minimum absolute atomic E-state index is 0.385. The molecule has 1 unspecified atom stereocenters. The Morgan fingerprint density at radius 2 is 2.00 bits per heavy atom. The lowest BCUT2D eigenvalue weighted by atomic mass is 10.3. The van der Waals surface area contributed by atoms with Crippen LogP contribution in [0.25, 0.3) is 0 Å². The van der Waals surface area contributed by atoms with E-state index in [-0.39, 0.29) is 0 Å². The summed E-state index contributed by atoms with van der Waals surface area (Å²) < 4.78 is 25.5. The first-order chi connectivity index (χ1) is 7.90. The van der Waals surface area contributed by atoms with Crippen LogP contribution in [0.4, 0.5) is 13.6 Å². The molecule has 0 bridgehead atoms. The van der Waals surface area contributed by atoms with Gasteiger partial charge in [-0.2, -0.15) is 0 Å². The van der Waals surface area contributed by atoms with Gasteiger partial charge in [0.1, 0.15) is 0 Å². The van der Waals surface area contributed by atoms with E-state index in [0.29, 0.717) is 4.90 Å². The molecule has 17 heavy (non-hydrogen) atoms. The summed E-state index contributed by atoms with van der Waals surface area (Å²) in [4.78, 5) is 22.1. The van der Waals surface area contributed by atoms with Crippen molar-refractivity contribution in [2.24, 2.45) is 5.73 Å². The molecule has 0 aromatic heterocycles. The maximum atomic E-state index is 12.9. The topological polar surface area (TPSA) is 72.2 Å². The molecule has 3 N–H and O–H groups in total. The number of thioether (sulfide) groups is 1. The average Bonchev–Trinajstić information content (AvgIpc) is 2.22. The van der Waals surface area contributed by atoms with Crippen LogP contribution in [0.15, 0.2) is 23.1 Å². The van der Waals surface area contributed by atoms with E-state index in [2.05, 4.69) is 0 Å². The molecule has 0 aliphatic rings. The molecule has 1 atom stereocenters. The smallest absolute Gasteiger partial charge is 0.318 e. The Balaban J connectivity index is 2.67. The first-order valence-corrected chi connectivity index (χ1v) is 5.50. The van der Waals surface area contributed by atoms with E-state index in [0.717, 1.165) is 23.9 Å². The molecule has 1 rings (SSSR count). The van der Waals surface area contributed by atoms with Crippen molar-refractivity contribution in [1.82, 2.24) is 5.32 Å². The van der Waals surface area contributed by atoms with Crippen molar-refractivity contribution < 1.29 is 18.4 Å². The second kappa shape index (κ2) is 5.62. The van der Waals surface area contributed by atoms with E-state index in [1.54, 1.807) is 0 Å². The van der Waals surface area contributed by atoms with Gasteiger partial charge in [0.05, 0.1) is 5.25 Å². The van der Waals surface area contributed by atoms with Gasteiger partial charge in [-0.1, -0.05) is 0 Å². The highest BCUT2D eigenvalue weighted by Gasteiger charge is 2.16. The summed E-state index contributed by atoms with van der Waals surface area (Å²) >= 11 is 0.990. The standard InChI is InChI=1S/C10H10F2N2O2S/c1-5(9(15)14-10(13)16)17-6-2-3-7(11)8(12)4-6/h2-5H,1H3,(H3,13,14,15,16). The van der Waals surface area contributed by atoms with Crippen molar-refractivity contribution in [2.75, 3.05) is 0 Å². The van der Waals surface area contributed by atoms with Gasteiger partial charge in [-0.15, -0.1) is 11.8 Å². The number of urea groups is 1. The Hall–Kier alpha value is -1.63. The number of nitrogens with one attached hydrogen (secondary N) is 1. The zero-order valence-corrected chi connectivity index (χ0v) is 9.68. The molecule has 0 aliphatic heterocycles. The van der Waals surface area contributed by atoms with Gasteiger partial charge in [-0.05, 0) is 25.1 Å². The average molecular weight is 260 g/mol. The van der Waals surface area contributed by atoms with Gasteiger partial charge < -0.3 is 5.73 Å². The molecule has 0 aliphatic carbocycles. The summed E-state index contributed by atoms with van der Waals surface area (Å²) in [5.74, 6) is -2.53. The van der Waals surface area contributed by atoms with Crippen LogP contribution in [0.1, 0.15) is 6.92 Å². The van der Waals surface area contributed by atoms with Crippen LogP contribution in [0.5, 0.6) is 0 Å². The Morgan fingerprint density at radius 3 is 2.53 bits per heavy atom. The minimum atomic E-state index is -0.988. The Labute approximate surface area is 101 Å². The van der Waals surface area contributed by atoms with E-state index in [4.69, 9.17) is 5.73 Å². The third-order valence-corrected chi connectivity index (χ3v) is 2.91. The van der Waals surface area contributed by atoms with E-state index in [1.807, 2.05) is 5.32 Å². The number of primary amides is 1. The maximum Gasteiger partial charge on any atom is 0.318 e. The van der Waals surface area contributed by atoms with Crippen molar-refractivity contribution in [3.63, 3.8) is 0 Å². The zero-order valence-electron chi connectivity index (χ0n) is 8.87. The molecule has 0 spiro atoms. The van der Waals surface area contributed by atoms with Gasteiger partial charge in [-0.25, -0.2) is 13.6 Å². The van der Waals surface area contributed by atoms with Crippen LogP contribution >= 0.6 is 11.8 Å². The molecular weight excluding hydrogens is 250 g/mol. The van der Waals surface area contributed by atoms with Gasteiger partial charge in [0.25, 0.3) is 0 Å². The first kappa shape index (κ1) is 13.4. The van der Waals surface area contributed by atoms with Crippen LogP contribution in [0.2, 0.25) is 0 Å². The van der Waals surface area contributed by atoms with E-state index in [1.165, 1.54) is 13.0 Å². The third-order valence-electron chi connectivity index (χ3n) is 1.82. The molecule has 7 heteroatoms. The van der Waals surface area contributed by atoms with Crippen molar-refractivity contribution in [1.29, 1.82) is 0 Å². The highest BCUT2D eigenvalue weighted by Crippen LogP contribution is 2.24. The number of carbonyl (C=O) groups excluding carboxylic acids is 2. The number of amides is 3. The van der Waals surface area contributed by atoms with Crippen LogP contribution in [-0.4, -0.2) is 17.2 Å². The highest BCUT2D eigenvalue weighted by atomic mass is 32.2. The monoisotopic (exact) mass is 260 g/mol. The Kier molecular flexibility index (Phi) is 4.45. The summed E-state index contributed by atoms with van der Waals surface area (Å²) in [6.45, 7) is 1.52. The van der Waals surface area contributed by atoms with Crippen molar-refractivity contribution in [2.45, 2.75) is 17.1 Å². The molecule has 4 nitrogen and oxygen atoms in total. The largest absolute Gasteiger partial charge is 0.351 e. The van der Waals surface area contributed by atoms with Crippen LogP contribution in [0, 0.1) is 11.6 Å². The fraction of sp³-hybridized carbons (Fsp3) is 0.200. The van der Waals surface area contributed by atoms with Gasteiger partial charge >= 0.3 is 6.03 Å². The molecule has 0 heterocycles. The summed E-state index contributed by atoms with van der Waals surface area (Å²) in [6, 6.07) is 2.34. The van der Waals surface area contributed by atoms with Gasteiger partial charge in [-0.3, -0.25) is 10.1 Å². The SMILES string of the molecule is CC(Sc1ccc(F)c(F)c1)C(=O)NC(N)=O. The van der Waals surface area contributed by atoms with Gasteiger partial charge in [0, 0.05) is 4.90 Å². The van der Waals surface area contributed by atoms with Crippen LogP contribution < -0.4 is 11.1 Å². The minimum Gasteiger partial charge on any atom is -0.351 e. The molecule has 0 fully saturated rings. The molecular formula is C10H10F2N2O2S.